The number of carbonyl (C=O) groups is 2. The van der Waals surface area contributed by atoms with Gasteiger partial charge in [0, 0.05) is 5.97 Å². The summed E-state index contributed by atoms with van der Waals surface area (Å²) in [5, 5.41) is 10.2. The van der Waals surface area contributed by atoms with E-state index in [1.807, 2.05) is 0 Å². The van der Waals surface area contributed by atoms with Crippen molar-refractivity contribution < 1.29 is 66.1 Å². The summed E-state index contributed by atoms with van der Waals surface area (Å²) in [5.74, 6) is -1.40. The molecule has 0 aromatic rings. The number of hydrogen-bond acceptors (Lipinski definition) is 3. The first-order valence-corrected chi connectivity index (χ1v) is 9.81. The Hall–Kier alpha value is 0.0564. The van der Waals surface area contributed by atoms with Crippen LogP contribution in [0.2, 0.25) is 0 Å². The minimum Gasteiger partial charge on any atom is -0.550 e. The van der Waals surface area contributed by atoms with Gasteiger partial charge in [0.05, 0.1) is 0 Å². The molecule has 4 nitrogen and oxygen atoms in total. The van der Waals surface area contributed by atoms with Crippen molar-refractivity contribution in [1.82, 2.24) is 0 Å². The van der Waals surface area contributed by atoms with Gasteiger partial charge in [-0.15, -0.1) is 0 Å². The Bertz CT molecular complexity index is 357. The number of aliphatic carboxylic acids is 1. The molecule has 0 atom stereocenters. The molecule has 0 saturated heterocycles. The van der Waals surface area contributed by atoms with E-state index in [9.17, 15) is 14.7 Å². The van der Waals surface area contributed by atoms with Crippen LogP contribution >= 0.6 is 0 Å². The zero-order valence-electron chi connectivity index (χ0n) is 17.1. The molecule has 0 rings (SSSR count). The molecule has 146 valence electrons. The van der Waals surface area contributed by atoms with Gasteiger partial charge < -0.3 is 15.6 Å². The molecule has 0 aromatic carbocycles. The number of allylic oxidation sites excluding steroid dienone is 2. The second-order valence-electron chi connectivity index (χ2n) is 6.31. The number of amides is 1. The molecule has 0 saturated carbocycles. The number of carboxylic acids is 1. The topological polar surface area (TPSA) is 83.2 Å². The molecule has 2 N–H and O–H groups in total. The molecule has 0 aromatic heterocycles. The number of carboxylic acid groups (broad SMARTS) is 1. The van der Waals surface area contributed by atoms with Crippen LogP contribution in [0.4, 0.5) is 0 Å². The number of primary amides is 1. The SMILES string of the molecule is C=CC(N)=O.CCCCCCCCC=CCCCCCCCC(=O)[O-].[K+]. The fourth-order valence-corrected chi connectivity index (χ4v) is 2.34. The molecular formula is C21H38KNO3. The third-order valence-corrected chi connectivity index (χ3v) is 3.84. The average Bonchev–Trinajstić information content (AvgIpc) is 2.58. The van der Waals surface area contributed by atoms with Gasteiger partial charge in [-0.2, -0.15) is 0 Å². The van der Waals surface area contributed by atoms with E-state index in [1.54, 1.807) is 0 Å². The molecular weight excluding hydrogens is 353 g/mol. The van der Waals surface area contributed by atoms with Crippen LogP contribution in [0.3, 0.4) is 0 Å². The van der Waals surface area contributed by atoms with Gasteiger partial charge >= 0.3 is 51.4 Å². The van der Waals surface area contributed by atoms with Gasteiger partial charge in [-0.3, -0.25) is 4.79 Å². The van der Waals surface area contributed by atoms with E-state index in [0.717, 1.165) is 25.3 Å². The summed E-state index contributed by atoms with van der Waals surface area (Å²) in [6.07, 6.45) is 22.0. The summed E-state index contributed by atoms with van der Waals surface area (Å²) in [5.41, 5.74) is 4.53. The zero-order chi connectivity index (χ0) is 19.2. The Morgan fingerprint density at radius 3 is 1.62 bits per heavy atom. The average molecular weight is 392 g/mol. The van der Waals surface area contributed by atoms with E-state index in [2.05, 4.69) is 31.4 Å². The van der Waals surface area contributed by atoms with Gasteiger partial charge in [-0.1, -0.05) is 77.0 Å². The predicted octanol–water partition coefficient (Wildman–Crippen LogP) is 1.44. The van der Waals surface area contributed by atoms with Crippen LogP contribution < -0.4 is 62.2 Å². The van der Waals surface area contributed by atoms with Crippen molar-refractivity contribution in [2.75, 3.05) is 0 Å². The maximum Gasteiger partial charge on any atom is 1.00 e. The van der Waals surface area contributed by atoms with Crippen LogP contribution in [-0.4, -0.2) is 11.9 Å². The van der Waals surface area contributed by atoms with E-state index in [4.69, 9.17) is 0 Å². The number of hydrogen-bond donors (Lipinski definition) is 1. The summed E-state index contributed by atoms with van der Waals surface area (Å²) >= 11 is 0. The van der Waals surface area contributed by atoms with Crippen molar-refractivity contribution >= 4 is 11.9 Å². The number of rotatable bonds is 16. The summed E-state index contributed by atoms with van der Waals surface area (Å²) in [7, 11) is 0. The molecule has 26 heavy (non-hydrogen) atoms. The number of carbonyl (C=O) groups excluding carboxylic acids is 2. The predicted molar refractivity (Wildman–Crippen MR) is 104 cm³/mol. The van der Waals surface area contributed by atoms with E-state index in [-0.39, 0.29) is 57.8 Å². The molecule has 0 aliphatic carbocycles. The fourth-order valence-electron chi connectivity index (χ4n) is 2.34. The van der Waals surface area contributed by atoms with Crippen LogP contribution in [0.15, 0.2) is 24.8 Å². The molecule has 0 heterocycles. The van der Waals surface area contributed by atoms with E-state index < -0.39 is 11.9 Å². The van der Waals surface area contributed by atoms with Crippen LogP contribution in [0.5, 0.6) is 0 Å². The van der Waals surface area contributed by atoms with Gasteiger partial charge in [-0.05, 0) is 44.6 Å². The van der Waals surface area contributed by atoms with Gasteiger partial charge in [0.15, 0.2) is 0 Å². The van der Waals surface area contributed by atoms with Crippen molar-refractivity contribution in [2.24, 2.45) is 5.73 Å². The molecule has 0 unspecified atom stereocenters. The van der Waals surface area contributed by atoms with Gasteiger partial charge in [0.1, 0.15) is 0 Å². The van der Waals surface area contributed by atoms with Crippen molar-refractivity contribution in [3.05, 3.63) is 24.8 Å². The smallest absolute Gasteiger partial charge is 0.550 e. The number of unbranched alkanes of at least 4 members (excludes halogenated alkanes) is 11. The normalized spacial score (nSPS) is 9.88. The van der Waals surface area contributed by atoms with Crippen LogP contribution in [0.1, 0.15) is 96.8 Å². The maximum atomic E-state index is 10.2. The molecule has 0 aliphatic rings. The molecule has 0 bridgehead atoms. The second kappa shape index (κ2) is 27.3. The Kier molecular flexibility index (Phi) is 32.3. The van der Waals surface area contributed by atoms with Crippen LogP contribution in [0.25, 0.3) is 0 Å². The summed E-state index contributed by atoms with van der Waals surface area (Å²) in [6, 6.07) is 0. The van der Waals surface area contributed by atoms with Gasteiger partial charge in [0.25, 0.3) is 0 Å². The molecule has 0 spiro atoms. The molecule has 0 radical (unpaired) electrons. The first-order valence-electron chi connectivity index (χ1n) is 9.81. The first-order chi connectivity index (χ1) is 12.0. The Labute approximate surface area is 203 Å². The molecule has 1 amide bonds. The van der Waals surface area contributed by atoms with Crippen molar-refractivity contribution in [3.8, 4) is 0 Å². The van der Waals surface area contributed by atoms with Crippen molar-refractivity contribution in [3.63, 3.8) is 0 Å². The third kappa shape index (κ3) is 35.2. The molecule has 0 fully saturated rings. The maximum absolute atomic E-state index is 10.2. The first kappa shape index (κ1) is 30.8. The van der Waals surface area contributed by atoms with Crippen LogP contribution in [-0.2, 0) is 9.59 Å². The van der Waals surface area contributed by atoms with E-state index in [0.29, 0.717) is 0 Å². The summed E-state index contributed by atoms with van der Waals surface area (Å²) in [4.78, 5) is 19.7. The van der Waals surface area contributed by atoms with E-state index in [1.165, 1.54) is 64.2 Å². The Morgan fingerprint density at radius 2 is 1.23 bits per heavy atom. The van der Waals surface area contributed by atoms with E-state index >= 15 is 0 Å². The zero-order valence-corrected chi connectivity index (χ0v) is 20.3. The second-order valence-corrected chi connectivity index (χ2v) is 6.31. The van der Waals surface area contributed by atoms with Crippen molar-refractivity contribution in [2.45, 2.75) is 96.8 Å². The Morgan fingerprint density at radius 1 is 0.846 bits per heavy atom. The molecule has 0 aliphatic heterocycles. The summed E-state index contributed by atoms with van der Waals surface area (Å²) in [6.45, 7) is 5.34. The van der Waals surface area contributed by atoms with Gasteiger partial charge in [-0.25, -0.2) is 0 Å². The number of nitrogens with two attached hydrogens (primary N) is 1. The minimum absolute atomic E-state index is 0. The summed E-state index contributed by atoms with van der Waals surface area (Å²) < 4.78 is 0. The fraction of sp³-hybridized carbons (Fsp3) is 0.714. The third-order valence-electron chi connectivity index (χ3n) is 3.84. The standard InChI is InChI=1S/C18H34O2.C3H5NO.K/c1-2-3-4-5-6-7-8-9-10-11-12-13-14-15-16-17-18(19)20;1-2-3(4)5;/h9-10H,2-8,11-17H2,1H3,(H,19,20);2H,1H2,(H2,4,5);/q;;+1/p-1. The monoisotopic (exact) mass is 391 g/mol. The van der Waals surface area contributed by atoms with Crippen LogP contribution in [0, 0.1) is 0 Å². The quantitative estimate of drug-likeness (QED) is 0.187. The Balaban J connectivity index is -0.000000772. The molecule has 5 heteroatoms. The van der Waals surface area contributed by atoms with Crippen molar-refractivity contribution in [1.29, 1.82) is 0 Å². The van der Waals surface area contributed by atoms with Gasteiger partial charge in [0.2, 0.25) is 5.91 Å². The largest absolute Gasteiger partial charge is 1.00 e. The minimum atomic E-state index is -0.914.